The number of carbonyl (C=O) groups excluding carboxylic acids is 1. The second kappa shape index (κ2) is 8.65. The SMILES string of the molecule is CCCCn1nccc1NC(=O)c1ccc(COc2ccc3ccccc3c2)o1. The molecule has 148 valence electrons. The quantitative estimate of drug-likeness (QED) is 0.446. The Hall–Kier alpha value is -3.54. The Morgan fingerprint density at radius 1 is 1.10 bits per heavy atom. The van der Waals surface area contributed by atoms with E-state index in [2.05, 4.69) is 23.4 Å². The lowest BCUT2D eigenvalue weighted by Gasteiger charge is -2.07. The number of amides is 1. The number of furan rings is 1. The van der Waals surface area contributed by atoms with Gasteiger partial charge in [-0.05, 0) is 41.5 Å². The molecular formula is C23H23N3O3. The van der Waals surface area contributed by atoms with Crippen LogP contribution in [0, 0.1) is 0 Å². The number of unbranched alkanes of at least 4 members (excludes halogenated alkanes) is 1. The van der Waals surface area contributed by atoms with Crippen molar-refractivity contribution in [1.29, 1.82) is 0 Å². The number of hydrogen-bond donors (Lipinski definition) is 1. The molecule has 2 heterocycles. The highest BCUT2D eigenvalue weighted by Crippen LogP contribution is 2.22. The number of rotatable bonds is 8. The number of benzene rings is 2. The lowest BCUT2D eigenvalue weighted by atomic mass is 10.1. The van der Waals surface area contributed by atoms with Gasteiger partial charge in [0.2, 0.25) is 0 Å². The summed E-state index contributed by atoms with van der Waals surface area (Å²) in [6.07, 6.45) is 3.74. The zero-order chi connectivity index (χ0) is 20.1. The Bertz CT molecular complexity index is 1110. The molecule has 4 rings (SSSR count). The molecule has 6 nitrogen and oxygen atoms in total. The van der Waals surface area contributed by atoms with Crippen molar-refractivity contribution in [2.75, 3.05) is 5.32 Å². The van der Waals surface area contributed by atoms with E-state index in [9.17, 15) is 4.79 Å². The summed E-state index contributed by atoms with van der Waals surface area (Å²) in [6, 6.07) is 19.2. The van der Waals surface area contributed by atoms with E-state index in [4.69, 9.17) is 9.15 Å². The van der Waals surface area contributed by atoms with Gasteiger partial charge < -0.3 is 14.5 Å². The highest BCUT2D eigenvalue weighted by Gasteiger charge is 2.14. The van der Waals surface area contributed by atoms with Crippen LogP contribution in [0.2, 0.25) is 0 Å². The maximum Gasteiger partial charge on any atom is 0.292 e. The molecule has 6 heteroatoms. The molecule has 4 aromatic rings. The zero-order valence-corrected chi connectivity index (χ0v) is 16.3. The summed E-state index contributed by atoms with van der Waals surface area (Å²) in [7, 11) is 0. The van der Waals surface area contributed by atoms with Crippen LogP contribution in [0.5, 0.6) is 5.75 Å². The average molecular weight is 389 g/mol. The Balaban J connectivity index is 1.37. The van der Waals surface area contributed by atoms with Crippen LogP contribution >= 0.6 is 0 Å². The molecule has 0 aliphatic heterocycles. The molecule has 29 heavy (non-hydrogen) atoms. The first kappa shape index (κ1) is 18.8. The average Bonchev–Trinajstić information content (AvgIpc) is 3.40. The summed E-state index contributed by atoms with van der Waals surface area (Å²) in [5, 5.41) is 9.37. The van der Waals surface area contributed by atoms with Crippen LogP contribution < -0.4 is 10.1 Å². The summed E-state index contributed by atoms with van der Waals surface area (Å²) in [6.45, 7) is 3.13. The van der Waals surface area contributed by atoms with Gasteiger partial charge in [0.1, 0.15) is 23.9 Å². The highest BCUT2D eigenvalue weighted by molar-refractivity contribution is 6.01. The van der Waals surface area contributed by atoms with Crippen molar-refractivity contribution in [2.45, 2.75) is 32.9 Å². The van der Waals surface area contributed by atoms with Crippen LogP contribution in [0.1, 0.15) is 36.1 Å². The Kier molecular flexibility index (Phi) is 5.61. The monoisotopic (exact) mass is 389 g/mol. The summed E-state index contributed by atoms with van der Waals surface area (Å²) < 4.78 is 13.3. The van der Waals surface area contributed by atoms with Crippen LogP contribution in [0.15, 0.2) is 71.3 Å². The molecule has 0 aliphatic rings. The molecule has 0 spiro atoms. The molecule has 2 aromatic heterocycles. The molecule has 2 aromatic carbocycles. The molecule has 0 atom stereocenters. The number of aryl methyl sites for hydroxylation is 1. The largest absolute Gasteiger partial charge is 0.486 e. The first-order valence-corrected chi connectivity index (χ1v) is 9.76. The van der Waals surface area contributed by atoms with E-state index in [0.717, 1.165) is 35.9 Å². The first-order valence-electron chi connectivity index (χ1n) is 9.76. The number of anilines is 1. The lowest BCUT2D eigenvalue weighted by Crippen LogP contribution is -2.15. The van der Waals surface area contributed by atoms with Crippen molar-refractivity contribution in [1.82, 2.24) is 9.78 Å². The van der Waals surface area contributed by atoms with Crippen molar-refractivity contribution in [3.63, 3.8) is 0 Å². The van der Waals surface area contributed by atoms with Crippen molar-refractivity contribution in [2.24, 2.45) is 0 Å². The third-order valence-electron chi connectivity index (χ3n) is 4.67. The zero-order valence-electron chi connectivity index (χ0n) is 16.3. The van der Waals surface area contributed by atoms with Gasteiger partial charge in [-0.15, -0.1) is 0 Å². The van der Waals surface area contributed by atoms with Crippen LogP contribution in [0.4, 0.5) is 5.82 Å². The van der Waals surface area contributed by atoms with E-state index in [1.54, 1.807) is 29.1 Å². The van der Waals surface area contributed by atoms with Crippen molar-refractivity contribution in [3.8, 4) is 5.75 Å². The van der Waals surface area contributed by atoms with E-state index in [1.807, 2.05) is 36.4 Å². The molecule has 0 unspecified atom stereocenters. The molecular weight excluding hydrogens is 366 g/mol. The van der Waals surface area contributed by atoms with Gasteiger partial charge >= 0.3 is 0 Å². The molecule has 0 fully saturated rings. The second-order valence-corrected chi connectivity index (χ2v) is 6.81. The minimum absolute atomic E-state index is 0.241. The second-order valence-electron chi connectivity index (χ2n) is 6.81. The Labute approximate surface area is 169 Å². The molecule has 1 amide bonds. The predicted octanol–water partition coefficient (Wildman–Crippen LogP) is 5.26. The normalized spacial score (nSPS) is 10.9. The van der Waals surface area contributed by atoms with E-state index in [-0.39, 0.29) is 18.3 Å². The number of aromatic nitrogens is 2. The van der Waals surface area contributed by atoms with E-state index in [0.29, 0.717) is 11.6 Å². The third-order valence-corrected chi connectivity index (χ3v) is 4.67. The van der Waals surface area contributed by atoms with Crippen LogP contribution in [0.25, 0.3) is 10.8 Å². The maximum absolute atomic E-state index is 12.5. The Morgan fingerprint density at radius 2 is 1.97 bits per heavy atom. The van der Waals surface area contributed by atoms with Gasteiger partial charge in [0.05, 0.1) is 6.20 Å². The van der Waals surface area contributed by atoms with Gasteiger partial charge in [-0.3, -0.25) is 4.79 Å². The van der Waals surface area contributed by atoms with Crippen molar-refractivity contribution < 1.29 is 13.9 Å². The van der Waals surface area contributed by atoms with Gasteiger partial charge in [0, 0.05) is 12.6 Å². The number of carbonyl (C=O) groups is 1. The Morgan fingerprint density at radius 3 is 2.83 bits per heavy atom. The van der Waals surface area contributed by atoms with Crippen LogP contribution in [-0.4, -0.2) is 15.7 Å². The van der Waals surface area contributed by atoms with Crippen molar-refractivity contribution in [3.05, 3.63) is 78.4 Å². The molecule has 0 radical (unpaired) electrons. The summed E-state index contributed by atoms with van der Waals surface area (Å²) in [5.41, 5.74) is 0. The fourth-order valence-electron chi connectivity index (χ4n) is 3.09. The number of fused-ring (bicyclic) bond motifs is 1. The van der Waals surface area contributed by atoms with E-state index in [1.165, 1.54) is 0 Å². The van der Waals surface area contributed by atoms with E-state index >= 15 is 0 Å². The minimum Gasteiger partial charge on any atom is -0.486 e. The minimum atomic E-state index is -0.305. The third kappa shape index (κ3) is 4.48. The van der Waals surface area contributed by atoms with Gasteiger partial charge in [0.25, 0.3) is 5.91 Å². The van der Waals surface area contributed by atoms with Crippen LogP contribution in [-0.2, 0) is 13.2 Å². The number of nitrogens with one attached hydrogen (secondary N) is 1. The molecule has 1 N–H and O–H groups in total. The number of hydrogen-bond acceptors (Lipinski definition) is 4. The van der Waals surface area contributed by atoms with Gasteiger partial charge in [-0.25, -0.2) is 4.68 Å². The lowest BCUT2D eigenvalue weighted by molar-refractivity contribution is 0.0991. The molecule has 0 aliphatic carbocycles. The fourth-order valence-corrected chi connectivity index (χ4v) is 3.09. The molecule has 0 saturated carbocycles. The predicted molar refractivity (Wildman–Crippen MR) is 112 cm³/mol. The topological polar surface area (TPSA) is 69.3 Å². The van der Waals surface area contributed by atoms with Crippen molar-refractivity contribution >= 4 is 22.5 Å². The maximum atomic E-state index is 12.5. The van der Waals surface area contributed by atoms with Crippen LogP contribution in [0.3, 0.4) is 0 Å². The standard InChI is InChI=1S/C23H23N3O3/c1-2-3-14-26-22(12-13-24-26)25-23(27)21-11-10-20(29-21)16-28-19-9-8-17-6-4-5-7-18(17)15-19/h4-13,15H,2-3,14,16H2,1H3,(H,25,27). The number of ether oxygens (including phenoxy) is 1. The number of nitrogens with zero attached hydrogens (tertiary/aromatic N) is 2. The summed E-state index contributed by atoms with van der Waals surface area (Å²) in [5.74, 6) is 1.94. The molecule has 0 saturated heterocycles. The van der Waals surface area contributed by atoms with Gasteiger partial charge in [-0.2, -0.15) is 5.10 Å². The van der Waals surface area contributed by atoms with E-state index < -0.39 is 0 Å². The first-order chi connectivity index (χ1) is 14.2. The van der Waals surface area contributed by atoms with Gasteiger partial charge in [0.15, 0.2) is 5.76 Å². The summed E-state index contributed by atoms with van der Waals surface area (Å²) >= 11 is 0. The van der Waals surface area contributed by atoms with Gasteiger partial charge in [-0.1, -0.05) is 43.7 Å². The smallest absolute Gasteiger partial charge is 0.292 e. The summed E-state index contributed by atoms with van der Waals surface area (Å²) in [4.78, 5) is 12.5. The fraction of sp³-hybridized carbons (Fsp3) is 0.217. The highest BCUT2D eigenvalue weighted by atomic mass is 16.5. The molecule has 0 bridgehead atoms.